The van der Waals surface area contributed by atoms with Crippen molar-refractivity contribution in [3.8, 4) is 0 Å². The lowest BCUT2D eigenvalue weighted by Gasteiger charge is -2.33. The highest BCUT2D eigenvalue weighted by molar-refractivity contribution is 6.80. The molecule has 0 aromatic rings. The number of carbonyl (C=O) groups excluding carboxylic acids is 1. The molecule has 0 aromatic carbocycles. The predicted octanol–water partition coefficient (Wildman–Crippen LogP) is 4.52. The summed E-state index contributed by atoms with van der Waals surface area (Å²) in [6.45, 7) is 9.50. The third-order valence-electron chi connectivity index (χ3n) is 5.90. The predicted molar refractivity (Wildman–Crippen MR) is 82.8 cm³/mol. The molecule has 106 valence electrons. The SMILES string of the molecule is CCCC[C@H]1[C@H]2[C@@H](C(=O)[C@@H]1[Si](C)(C)C)[C@@H]1C=C[C@H]2C1. The first-order valence-corrected chi connectivity index (χ1v) is 11.7. The van der Waals surface area contributed by atoms with Crippen molar-refractivity contribution in [1.29, 1.82) is 0 Å². The molecule has 0 aromatic heterocycles. The van der Waals surface area contributed by atoms with E-state index in [0.29, 0.717) is 35.0 Å². The van der Waals surface area contributed by atoms with Gasteiger partial charge in [-0.1, -0.05) is 51.6 Å². The average Bonchev–Trinajstić information content (AvgIpc) is 2.97. The van der Waals surface area contributed by atoms with Gasteiger partial charge in [-0.15, -0.1) is 0 Å². The fraction of sp³-hybridized carbons (Fsp3) is 0.824. The number of ketones is 1. The first-order chi connectivity index (χ1) is 8.95. The highest BCUT2D eigenvalue weighted by Crippen LogP contribution is 2.62. The highest BCUT2D eigenvalue weighted by Gasteiger charge is 2.61. The molecule has 6 atom stereocenters. The highest BCUT2D eigenvalue weighted by atomic mass is 28.3. The third kappa shape index (κ3) is 1.98. The van der Waals surface area contributed by atoms with Gasteiger partial charge in [0.15, 0.2) is 0 Å². The molecule has 0 amide bonds. The number of Topliss-reactive ketones (excluding diaryl/α,β-unsaturated/α-hetero) is 1. The van der Waals surface area contributed by atoms with Crippen molar-refractivity contribution in [2.24, 2.45) is 29.6 Å². The third-order valence-corrected chi connectivity index (χ3v) is 8.48. The van der Waals surface area contributed by atoms with E-state index in [1.165, 1.54) is 25.7 Å². The van der Waals surface area contributed by atoms with Crippen molar-refractivity contribution in [1.82, 2.24) is 0 Å². The summed E-state index contributed by atoms with van der Waals surface area (Å²) in [5.41, 5.74) is 0.444. The smallest absolute Gasteiger partial charge is 0.137 e. The van der Waals surface area contributed by atoms with Gasteiger partial charge >= 0.3 is 0 Å². The molecule has 0 saturated heterocycles. The Labute approximate surface area is 118 Å². The number of carbonyl (C=O) groups is 1. The van der Waals surface area contributed by atoms with E-state index in [1.54, 1.807) is 0 Å². The molecule has 2 heteroatoms. The largest absolute Gasteiger partial charge is 0.299 e. The molecule has 3 rings (SSSR count). The van der Waals surface area contributed by atoms with Gasteiger partial charge in [-0.05, 0) is 36.5 Å². The molecule has 3 aliphatic carbocycles. The van der Waals surface area contributed by atoms with Crippen LogP contribution >= 0.6 is 0 Å². The number of hydrogen-bond donors (Lipinski definition) is 0. The van der Waals surface area contributed by atoms with E-state index < -0.39 is 8.07 Å². The Bertz CT molecular complexity index is 406. The second-order valence-electron chi connectivity index (χ2n) is 8.10. The van der Waals surface area contributed by atoms with E-state index in [2.05, 4.69) is 38.7 Å². The van der Waals surface area contributed by atoms with E-state index in [1.807, 2.05) is 0 Å². The molecule has 0 heterocycles. The summed E-state index contributed by atoms with van der Waals surface area (Å²) in [4.78, 5) is 13.0. The Morgan fingerprint density at radius 3 is 2.53 bits per heavy atom. The summed E-state index contributed by atoms with van der Waals surface area (Å²) in [6.07, 6.45) is 9.95. The fourth-order valence-electron chi connectivity index (χ4n) is 5.35. The summed E-state index contributed by atoms with van der Waals surface area (Å²) < 4.78 is 0. The molecule has 0 N–H and O–H groups in total. The second-order valence-corrected chi connectivity index (χ2v) is 13.5. The zero-order valence-corrected chi connectivity index (χ0v) is 13.9. The number of allylic oxidation sites excluding steroid dienone is 2. The van der Waals surface area contributed by atoms with Gasteiger partial charge in [-0.3, -0.25) is 4.79 Å². The van der Waals surface area contributed by atoms with Gasteiger partial charge in [-0.25, -0.2) is 0 Å². The molecule has 3 aliphatic rings. The molecule has 0 unspecified atom stereocenters. The Morgan fingerprint density at radius 2 is 1.89 bits per heavy atom. The lowest BCUT2D eigenvalue weighted by molar-refractivity contribution is -0.121. The van der Waals surface area contributed by atoms with Gasteiger partial charge in [-0.2, -0.15) is 0 Å². The van der Waals surface area contributed by atoms with E-state index >= 15 is 0 Å². The van der Waals surface area contributed by atoms with Crippen LogP contribution in [-0.4, -0.2) is 13.9 Å². The second kappa shape index (κ2) is 4.58. The molecular formula is C17H28OSi. The summed E-state index contributed by atoms with van der Waals surface area (Å²) >= 11 is 0. The van der Waals surface area contributed by atoms with E-state index in [0.717, 1.165) is 5.92 Å². The van der Waals surface area contributed by atoms with Crippen LogP contribution < -0.4 is 0 Å². The standard InChI is InChI=1S/C17H28OSi/c1-5-6-7-13-14-11-8-9-12(10-11)15(14)16(18)17(13)19(2,3)4/h8-9,11-15,17H,5-7,10H2,1-4H3/t11-,12+,13-,14-,15-,17+/m0/s1. The average molecular weight is 276 g/mol. The van der Waals surface area contributed by atoms with Crippen LogP contribution in [0.1, 0.15) is 32.6 Å². The van der Waals surface area contributed by atoms with Crippen molar-refractivity contribution in [2.75, 3.05) is 0 Å². The summed E-state index contributed by atoms with van der Waals surface area (Å²) in [7, 11) is -1.38. The Kier molecular flexibility index (Phi) is 3.28. The number of fused-ring (bicyclic) bond motifs is 5. The number of rotatable bonds is 4. The molecule has 1 nitrogen and oxygen atoms in total. The van der Waals surface area contributed by atoms with E-state index in [4.69, 9.17) is 0 Å². The van der Waals surface area contributed by atoms with Crippen LogP contribution in [0.3, 0.4) is 0 Å². The Hall–Kier alpha value is -0.373. The van der Waals surface area contributed by atoms with Crippen molar-refractivity contribution in [3.63, 3.8) is 0 Å². The van der Waals surface area contributed by atoms with Crippen molar-refractivity contribution >= 4 is 13.9 Å². The van der Waals surface area contributed by atoms with Gasteiger partial charge < -0.3 is 0 Å². The van der Waals surface area contributed by atoms with E-state index in [9.17, 15) is 4.79 Å². The molecule has 2 fully saturated rings. The molecule has 2 saturated carbocycles. The van der Waals surface area contributed by atoms with Crippen LogP contribution in [0.25, 0.3) is 0 Å². The maximum Gasteiger partial charge on any atom is 0.137 e. The topological polar surface area (TPSA) is 17.1 Å². The molecule has 0 spiro atoms. The maximum atomic E-state index is 13.0. The van der Waals surface area contributed by atoms with Crippen molar-refractivity contribution in [2.45, 2.75) is 57.8 Å². The summed E-state index contributed by atoms with van der Waals surface area (Å²) in [5, 5.41) is 0. The zero-order chi connectivity index (χ0) is 13.8. The lowest BCUT2D eigenvalue weighted by Crippen LogP contribution is -2.36. The van der Waals surface area contributed by atoms with Crippen molar-refractivity contribution in [3.05, 3.63) is 12.2 Å². The fourth-order valence-corrected chi connectivity index (χ4v) is 8.07. The van der Waals surface area contributed by atoms with Gasteiger partial charge in [0.25, 0.3) is 0 Å². The van der Waals surface area contributed by atoms with Crippen LogP contribution in [0.2, 0.25) is 25.2 Å². The monoisotopic (exact) mass is 276 g/mol. The van der Waals surface area contributed by atoms with Crippen LogP contribution in [-0.2, 0) is 4.79 Å². The molecule has 19 heavy (non-hydrogen) atoms. The van der Waals surface area contributed by atoms with Crippen molar-refractivity contribution < 1.29 is 4.79 Å². The molecular weight excluding hydrogens is 248 g/mol. The maximum absolute atomic E-state index is 13.0. The lowest BCUT2D eigenvalue weighted by atomic mass is 9.79. The Morgan fingerprint density at radius 1 is 1.21 bits per heavy atom. The van der Waals surface area contributed by atoms with Crippen LogP contribution in [0, 0.1) is 29.6 Å². The molecule has 0 radical (unpaired) electrons. The summed E-state index contributed by atoms with van der Waals surface area (Å²) in [6, 6.07) is 0. The zero-order valence-electron chi connectivity index (χ0n) is 12.9. The minimum atomic E-state index is -1.38. The van der Waals surface area contributed by atoms with Crippen LogP contribution in [0.15, 0.2) is 12.2 Å². The summed E-state index contributed by atoms with van der Waals surface area (Å²) in [5.74, 6) is 3.85. The van der Waals surface area contributed by atoms with Gasteiger partial charge in [0.2, 0.25) is 0 Å². The van der Waals surface area contributed by atoms with Crippen LogP contribution in [0.5, 0.6) is 0 Å². The van der Waals surface area contributed by atoms with E-state index in [-0.39, 0.29) is 0 Å². The van der Waals surface area contributed by atoms with Crippen LogP contribution in [0.4, 0.5) is 0 Å². The minimum absolute atomic E-state index is 0.411. The van der Waals surface area contributed by atoms with Gasteiger partial charge in [0, 0.05) is 11.5 Å². The molecule has 0 aliphatic heterocycles. The molecule has 2 bridgehead atoms. The Balaban J connectivity index is 1.92. The first-order valence-electron chi connectivity index (χ1n) is 8.17. The normalized spacial score (nSPS) is 44.1. The van der Waals surface area contributed by atoms with Gasteiger partial charge in [0.05, 0.1) is 8.07 Å². The van der Waals surface area contributed by atoms with Gasteiger partial charge in [0.1, 0.15) is 5.78 Å². The quantitative estimate of drug-likeness (QED) is 0.545. The number of hydrogen-bond acceptors (Lipinski definition) is 1. The minimum Gasteiger partial charge on any atom is -0.299 e. The number of unbranched alkanes of at least 4 members (excludes halogenated alkanes) is 1. The first kappa shape index (κ1) is 13.6.